The van der Waals surface area contributed by atoms with Crippen LogP contribution in [0.25, 0.3) is 16.7 Å². The zero-order chi connectivity index (χ0) is 15.1. The highest BCUT2D eigenvalue weighted by atomic mass is 19.1. The number of halogens is 1. The van der Waals surface area contributed by atoms with Crippen LogP contribution in [0.1, 0.15) is 21.5 Å². The summed E-state index contributed by atoms with van der Waals surface area (Å²) in [5.41, 5.74) is 2.01. The van der Waals surface area contributed by atoms with Crippen LogP contribution in [0.4, 0.5) is 4.39 Å². The predicted octanol–water partition coefficient (Wildman–Crippen LogP) is 3.02. The second kappa shape index (κ2) is 4.56. The van der Waals surface area contributed by atoms with Crippen molar-refractivity contribution in [2.75, 3.05) is 0 Å². The van der Waals surface area contributed by atoms with Crippen molar-refractivity contribution in [3.8, 4) is 11.1 Å². The molecule has 0 radical (unpaired) electrons. The number of rotatable bonds is 2. The minimum Gasteiger partial charge on any atom is -0.478 e. The minimum absolute atomic E-state index is 0.0262. The van der Waals surface area contributed by atoms with Gasteiger partial charge in [-0.15, -0.1) is 0 Å². The van der Waals surface area contributed by atoms with Gasteiger partial charge in [0.15, 0.2) is 0 Å². The van der Waals surface area contributed by atoms with Gasteiger partial charge in [0, 0.05) is 11.6 Å². The zero-order valence-electron chi connectivity index (χ0n) is 10.6. The van der Waals surface area contributed by atoms with Crippen LogP contribution in [0, 0.1) is 5.82 Å². The highest BCUT2D eigenvalue weighted by Gasteiger charge is 2.27. The van der Waals surface area contributed by atoms with Gasteiger partial charge in [-0.25, -0.2) is 14.0 Å². The second-order valence-electron chi connectivity index (χ2n) is 4.62. The summed E-state index contributed by atoms with van der Waals surface area (Å²) < 4.78 is 14.0. The van der Waals surface area contributed by atoms with E-state index in [0.29, 0.717) is 27.8 Å². The Labute approximate surface area is 118 Å². The third-order valence-corrected chi connectivity index (χ3v) is 3.40. The molecule has 0 spiro atoms. The number of aromatic carboxylic acids is 1. The van der Waals surface area contributed by atoms with Crippen LogP contribution >= 0.6 is 0 Å². The summed E-state index contributed by atoms with van der Waals surface area (Å²) in [7, 11) is 0. The largest absolute Gasteiger partial charge is 0.478 e. The summed E-state index contributed by atoms with van der Waals surface area (Å²) in [6.45, 7) is 0. The third-order valence-electron chi connectivity index (χ3n) is 3.40. The van der Waals surface area contributed by atoms with E-state index in [1.165, 1.54) is 30.3 Å². The van der Waals surface area contributed by atoms with E-state index in [1.54, 1.807) is 6.07 Å². The van der Waals surface area contributed by atoms with Gasteiger partial charge in [-0.1, -0.05) is 18.2 Å². The molecular weight excluding hydrogens is 275 g/mol. The quantitative estimate of drug-likeness (QED) is 0.709. The number of carbonyl (C=O) groups is 2. The molecule has 2 N–H and O–H groups in total. The van der Waals surface area contributed by atoms with Gasteiger partial charge < -0.3 is 10.2 Å². The number of hydrogen-bond donors (Lipinski definition) is 2. The first-order chi connectivity index (χ1) is 9.99. The van der Waals surface area contributed by atoms with Gasteiger partial charge in [-0.05, 0) is 40.5 Å². The van der Waals surface area contributed by atoms with Gasteiger partial charge in [-0.2, -0.15) is 0 Å². The van der Waals surface area contributed by atoms with Crippen LogP contribution in [0.2, 0.25) is 0 Å². The Hall–Kier alpha value is -2.95. The number of hydrogen-bond acceptors (Lipinski definition) is 2. The number of benzene rings is 2. The SMILES string of the molecule is O=C(O)/C=C1/c2cc(C(=O)O)ccc2-c2c(F)cccc21. The average molecular weight is 284 g/mol. The maximum Gasteiger partial charge on any atom is 0.335 e. The molecule has 0 heterocycles. The first kappa shape index (κ1) is 13.1. The van der Waals surface area contributed by atoms with E-state index in [9.17, 15) is 14.0 Å². The Morgan fingerprint density at radius 3 is 2.43 bits per heavy atom. The lowest BCUT2D eigenvalue weighted by molar-refractivity contribution is -0.131. The average Bonchev–Trinajstić information content (AvgIpc) is 2.73. The lowest BCUT2D eigenvalue weighted by atomic mass is 10.0. The van der Waals surface area contributed by atoms with Crippen LogP contribution in [0.15, 0.2) is 42.5 Å². The topological polar surface area (TPSA) is 74.6 Å². The molecule has 0 saturated carbocycles. The molecule has 2 aromatic rings. The van der Waals surface area contributed by atoms with E-state index in [1.807, 2.05) is 0 Å². The molecule has 0 fully saturated rings. The predicted molar refractivity (Wildman–Crippen MR) is 73.5 cm³/mol. The van der Waals surface area contributed by atoms with Gasteiger partial charge >= 0.3 is 11.9 Å². The molecule has 0 atom stereocenters. The van der Waals surface area contributed by atoms with Crippen LogP contribution in [-0.2, 0) is 4.79 Å². The summed E-state index contributed by atoms with van der Waals surface area (Å²) >= 11 is 0. The number of carboxylic acid groups (broad SMARTS) is 2. The molecule has 1 aliphatic rings. The molecule has 5 heteroatoms. The first-order valence-electron chi connectivity index (χ1n) is 6.10. The molecular formula is C16H9FO4. The highest BCUT2D eigenvalue weighted by molar-refractivity contribution is 6.07. The normalized spacial score (nSPS) is 13.9. The molecule has 4 nitrogen and oxygen atoms in total. The van der Waals surface area contributed by atoms with E-state index in [2.05, 4.69) is 0 Å². The Morgan fingerprint density at radius 1 is 1.00 bits per heavy atom. The zero-order valence-corrected chi connectivity index (χ0v) is 10.6. The van der Waals surface area contributed by atoms with Gasteiger partial charge in [0.2, 0.25) is 0 Å². The number of carboxylic acids is 2. The summed E-state index contributed by atoms with van der Waals surface area (Å²) in [4.78, 5) is 22.1. The van der Waals surface area contributed by atoms with Crippen molar-refractivity contribution in [3.05, 3.63) is 65.0 Å². The van der Waals surface area contributed by atoms with E-state index < -0.39 is 17.8 Å². The van der Waals surface area contributed by atoms with Gasteiger partial charge in [-0.3, -0.25) is 0 Å². The number of fused-ring (bicyclic) bond motifs is 3. The lowest BCUT2D eigenvalue weighted by Crippen LogP contribution is -1.97. The molecule has 2 aromatic carbocycles. The van der Waals surface area contributed by atoms with Crippen molar-refractivity contribution in [2.45, 2.75) is 0 Å². The fourth-order valence-electron chi connectivity index (χ4n) is 2.56. The van der Waals surface area contributed by atoms with Crippen molar-refractivity contribution in [1.29, 1.82) is 0 Å². The molecule has 104 valence electrons. The number of aliphatic carboxylic acids is 1. The van der Waals surface area contributed by atoms with Crippen LogP contribution in [0.3, 0.4) is 0 Å². The van der Waals surface area contributed by atoms with Gasteiger partial charge in [0.1, 0.15) is 5.82 Å². The molecule has 0 aromatic heterocycles. The van der Waals surface area contributed by atoms with Crippen LogP contribution < -0.4 is 0 Å². The van der Waals surface area contributed by atoms with Crippen LogP contribution in [-0.4, -0.2) is 22.2 Å². The maximum atomic E-state index is 14.0. The van der Waals surface area contributed by atoms with E-state index >= 15 is 0 Å². The fourth-order valence-corrected chi connectivity index (χ4v) is 2.56. The van der Waals surface area contributed by atoms with Crippen molar-refractivity contribution in [1.82, 2.24) is 0 Å². The van der Waals surface area contributed by atoms with Crippen LogP contribution in [0.5, 0.6) is 0 Å². The van der Waals surface area contributed by atoms with Crippen molar-refractivity contribution in [2.24, 2.45) is 0 Å². The minimum atomic E-state index is -1.17. The molecule has 0 saturated heterocycles. The monoisotopic (exact) mass is 284 g/mol. The van der Waals surface area contributed by atoms with Gasteiger partial charge in [0.05, 0.1) is 5.56 Å². The fraction of sp³-hybridized carbons (Fsp3) is 0. The Bertz CT molecular complexity index is 821. The summed E-state index contributed by atoms with van der Waals surface area (Å²) in [6.07, 6.45) is 0.968. The van der Waals surface area contributed by atoms with Crippen molar-refractivity contribution >= 4 is 17.5 Å². The highest BCUT2D eigenvalue weighted by Crippen LogP contribution is 2.45. The first-order valence-corrected chi connectivity index (χ1v) is 6.10. The molecule has 0 bridgehead atoms. The van der Waals surface area contributed by atoms with Gasteiger partial charge in [0.25, 0.3) is 0 Å². The van der Waals surface area contributed by atoms with E-state index in [0.717, 1.165) is 6.08 Å². The summed E-state index contributed by atoms with van der Waals surface area (Å²) in [5.74, 6) is -2.76. The Balaban J connectivity index is 2.35. The molecule has 1 aliphatic carbocycles. The Kier molecular flexibility index (Phi) is 2.83. The summed E-state index contributed by atoms with van der Waals surface area (Å²) in [6, 6.07) is 8.65. The molecule has 0 amide bonds. The lowest BCUT2D eigenvalue weighted by Gasteiger charge is -2.03. The maximum absolute atomic E-state index is 14.0. The smallest absolute Gasteiger partial charge is 0.335 e. The summed E-state index contributed by atoms with van der Waals surface area (Å²) in [5, 5.41) is 18.0. The van der Waals surface area contributed by atoms with E-state index in [-0.39, 0.29) is 5.56 Å². The molecule has 21 heavy (non-hydrogen) atoms. The van der Waals surface area contributed by atoms with Crippen molar-refractivity contribution < 1.29 is 24.2 Å². The van der Waals surface area contributed by atoms with Crippen molar-refractivity contribution in [3.63, 3.8) is 0 Å². The standard InChI is InChI=1S/C16H9FO4/c17-13-3-1-2-9-12(7-14(18)19)11-6-8(16(20)21)4-5-10(11)15(9)13/h1-7H,(H,18,19)(H,20,21)/b12-7+. The third kappa shape index (κ3) is 1.99. The molecule has 0 unspecified atom stereocenters. The molecule has 0 aliphatic heterocycles. The molecule has 3 rings (SSSR count). The van der Waals surface area contributed by atoms with E-state index in [4.69, 9.17) is 10.2 Å². The Morgan fingerprint density at radius 2 is 1.76 bits per heavy atom. The second-order valence-corrected chi connectivity index (χ2v) is 4.62.